The van der Waals surface area contributed by atoms with E-state index in [1.807, 2.05) is 12.1 Å². The third-order valence-corrected chi connectivity index (χ3v) is 11.9. The predicted octanol–water partition coefficient (Wildman–Crippen LogP) is 3.45. The summed E-state index contributed by atoms with van der Waals surface area (Å²) in [6.45, 7) is 5.91. The zero-order valence-electron chi connectivity index (χ0n) is 25.0. The number of aliphatic hydroxyl groups excluding tert-OH is 1. The molecule has 14 heteroatoms. The summed E-state index contributed by atoms with van der Waals surface area (Å²) in [5, 5.41) is 43.1. The monoisotopic (exact) mass is 620 g/mol. The van der Waals surface area contributed by atoms with Crippen LogP contribution in [-0.4, -0.2) is 62.8 Å². The summed E-state index contributed by atoms with van der Waals surface area (Å²) >= 11 is 0. The van der Waals surface area contributed by atoms with Crippen LogP contribution in [0.5, 0.6) is 0 Å². The van der Waals surface area contributed by atoms with Crippen LogP contribution < -0.4 is 5.63 Å². The summed E-state index contributed by atoms with van der Waals surface area (Å²) in [7, 11) is 0. The summed E-state index contributed by atoms with van der Waals surface area (Å²) in [5.41, 5.74) is 0.429. The lowest BCUT2D eigenvalue weighted by atomic mass is 9.45. The summed E-state index contributed by atoms with van der Waals surface area (Å²) in [6, 6.07) is 3.28. The fourth-order valence-electron chi connectivity index (χ4n) is 9.61. The van der Waals surface area contributed by atoms with Gasteiger partial charge in [-0.1, -0.05) is 25.5 Å². The van der Waals surface area contributed by atoms with Gasteiger partial charge >= 0.3 is 5.63 Å². The minimum atomic E-state index is -1.74. The Labute approximate surface area is 253 Å². The lowest BCUT2D eigenvalue weighted by Crippen LogP contribution is -2.61. The highest BCUT2D eigenvalue weighted by Gasteiger charge is 2.66. The summed E-state index contributed by atoms with van der Waals surface area (Å²) in [5.74, 6) is 0.465. The van der Waals surface area contributed by atoms with Crippen molar-refractivity contribution < 1.29 is 44.0 Å². The molecule has 0 radical (unpaired) electrons. The molecule has 0 bridgehead atoms. The van der Waals surface area contributed by atoms with Crippen LogP contribution in [0.15, 0.2) is 39.3 Å². The maximum absolute atomic E-state index is 12.5. The van der Waals surface area contributed by atoms with Crippen LogP contribution in [0.2, 0.25) is 0 Å². The summed E-state index contributed by atoms with van der Waals surface area (Å²) in [4.78, 5) is 42.9. The van der Waals surface area contributed by atoms with Gasteiger partial charge in [0.25, 0.3) is 10.2 Å². The first-order valence-electron chi connectivity index (χ1n) is 15.4. The van der Waals surface area contributed by atoms with Crippen LogP contribution in [0, 0.1) is 42.9 Å². The molecule has 1 aliphatic heterocycles. The van der Waals surface area contributed by atoms with E-state index in [-0.39, 0.29) is 34.2 Å². The van der Waals surface area contributed by atoms with Crippen molar-refractivity contribution in [2.45, 2.75) is 120 Å². The molecule has 5 aliphatic rings. The molecule has 44 heavy (non-hydrogen) atoms. The van der Waals surface area contributed by atoms with Gasteiger partial charge in [0.15, 0.2) is 18.5 Å². The summed E-state index contributed by atoms with van der Waals surface area (Å²) < 4.78 is 17.1. The van der Waals surface area contributed by atoms with E-state index in [0.29, 0.717) is 12.8 Å². The largest absolute Gasteiger partial charge is 0.431 e. The molecular weight excluding hydrogens is 580 g/mol. The average Bonchev–Trinajstić information content (AvgIpc) is 3.24. The smallest absolute Gasteiger partial charge is 0.335 e. The van der Waals surface area contributed by atoms with E-state index in [4.69, 9.17) is 13.9 Å². The maximum Gasteiger partial charge on any atom is 0.335 e. The number of fused-ring (bicyclic) bond motifs is 5. The number of hydrogen-bond acceptors (Lipinski definition) is 12. The number of rotatable bonds is 7. The second-order valence-electron chi connectivity index (χ2n) is 13.7. The Morgan fingerprint density at radius 1 is 0.977 bits per heavy atom. The van der Waals surface area contributed by atoms with Crippen molar-refractivity contribution in [3.63, 3.8) is 0 Å². The summed E-state index contributed by atoms with van der Waals surface area (Å²) in [6.07, 6.45) is 2.11. The fraction of sp³-hybridized carbons (Fsp3) is 0.767. The van der Waals surface area contributed by atoms with Gasteiger partial charge < -0.3 is 33.8 Å². The Morgan fingerprint density at radius 3 is 2.39 bits per heavy atom. The first kappa shape index (κ1) is 30.9. The molecule has 3 saturated carbocycles. The molecule has 0 aromatic carbocycles. The maximum atomic E-state index is 12.5. The zero-order valence-corrected chi connectivity index (χ0v) is 25.0. The van der Waals surface area contributed by atoms with E-state index >= 15 is 0 Å². The quantitative estimate of drug-likeness (QED) is 0.256. The Morgan fingerprint density at radius 2 is 1.70 bits per heavy atom. The number of ether oxygens (including phenoxy) is 2. The Hall–Kier alpha value is -3.07. The molecule has 2 heterocycles. The molecule has 14 nitrogen and oxygen atoms in total. The van der Waals surface area contributed by atoms with E-state index in [1.165, 1.54) is 18.6 Å². The lowest BCUT2D eigenvalue weighted by Gasteiger charge is -2.62. The van der Waals surface area contributed by atoms with Gasteiger partial charge in [-0.2, -0.15) is 0 Å². The Balaban J connectivity index is 1.20. The van der Waals surface area contributed by atoms with Gasteiger partial charge in [-0.25, -0.2) is 4.79 Å². The van der Waals surface area contributed by atoms with Crippen LogP contribution in [0.4, 0.5) is 0 Å². The molecule has 0 spiro atoms. The fourth-order valence-corrected chi connectivity index (χ4v) is 9.61. The molecule has 1 saturated heterocycles. The number of aliphatic hydroxyl groups is 2. The molecule has 0 unspecified atom stereocenters. The normalized spacial score (nSPS) is 44.8. The van der Waals surface area contributed by atoms with Crippen molar-refractivity contribution in [2.75, 3.05) is 0 Å². The molecule has 1 aromatic rings. The highest BCUT2D eigenvalue weighted by molar-refractivity contribution is 5.31. The molecule has 242 valence electrons. The highest BCUT2D eigenvalue weighted by Crippen LogP contribution is 2.70. The SMILES string of the molecule is C[C@@H]1O[C@@H](O[C@@H]2C=C3CC[C@@H]4[C@H](CC[C@]5(C)[C@@H](c6ccc(=O)oc6)CC[C@]45O)[C@@]3(C)CC2)[C@H](O[N+](=O)[O-])[C@H](O)[C@H]1O[N+](=O)[O-]. The molecule has 2 N–H and O–H groups in total. The van der Waals surface area contributed by atoms with Gasteiger partial charge in [-0.3, -0.25) is 0 Å². The third kappa shape index (κ3) is 4.90. The second kappa shape index (κ2) is 11.1. The topological polar surface area (TPSA) is 194 Å². The second-order valence-corrected chi connectivity index (χ2v) is 13.7. The van der Waals surface area contributed by atoms with Gasteiger partial charge in [0.2, 0.25) is 0 Å². The van der Waals surface area contributed by atoms with E-state index in [0.717, 1.165) is 44.1 Å². The van der Waals surface area contributed by atoms with Crippen molar-refractivity contribution >= 4 is 0 Å². The first-order valence-corrected chi connectivity index (χ1v) is 15.4. The Bertz CT molecular complexity index is 1360. The van der Waals surface area contributed by atoms with E-state index in [1.54, 1.807) is 6.26 Å². The standard InChI is InChI=1S/C30H40N2O12/c1-16-25(43-31(36)37)24(34)26(44-32(38)39)27(41-16)42-19-8-11-28(2)18(14-19)5-6-22-21(28)9-12-29(3)20(10-13-30(22,29)35)17-4-7-23(33)40-15-17/h4,7,14-16,19-22,24-27,34-35H,5-6,8-13H2,1-3H3/t16-,19-,20+,21-,22+,24+,25-,26+,27-,28-,29+,30-/m0/s1. The minimum Gasteiger partial charge on any atom is -0.431 e. The molecule has 6 rings (SSSR count). The van der Waals surface area contributed by atoms with Crippen molar-refractivity contribution in [3.05, 3.63) is 66.3 Å². The number of allylic oxidation sites excluding steroid dienone is 1. The Kier molecular flexibility index (Phi) is 7.78. The first-order chi connectivity index (χ1) is 20.8. The van der Waals surface area contributed by atoms with E-state index in [2.05, 4.69) is 23.5 Å². The van der Waals surface area contributed by atoms with Crippen molar-refractivity contribution in [2.24, 2.45) is 22.7 Å². The molecule has 4 fully saturated rings. The van der Waals surface area contributed by atoms with Gasteiger partial charge in [-0.15, -0.1) is 20.2 Å². The van der Waals surface area contributed by atoms with Crippen molar-refractivity contribution in [3.8, 4) is 0 Å². The van der Waals surface area contributed by atoms with Crippen molar-refractivity contribution in [1.29, 1.82) is 0 Å². The van der Waals surface area contributed by atoms with Gasteiger partial charge in [-0.05, 0) is 93.1 Å². The van der Waals surface area contributed by atoms with E-state index in [9.17, 15) is 35.2 Å². The molecule has 4 aliphatic carbocycles. The number of hydrogen-bond donors (Lipinski definition) is 2. The molecule has 1 aromatic heterocycles. The van der Waals surface area contributed by atoms with Crippen LogP contribution in [0.25, 0.3) is 0 Å². The lowest BCUT2D eigenvalue weighted by molar-refractivity contribution is -0.791. The van der Waals surface area contributed by atoms with Gasteiger partial charge in [0.1, 0.15) is 6.10 Å². The van der Waals surface area contributed by atoms with Crippen LogP contribution in [0.1, 0.15) is 83.6 Å². The predicted molar refractivity (Wildman–Crippen MR) is 150 cm³/mol. The molecule has 0 amide bonds. The van der Waals surface area contributed by atoms with Crippen LogP contribution >= 0.6 is 0 Å². The minimum absolute atomic E-state index is 0.101. The zero-order chi connectivity index (χ0) is 31.6. The van der Waals surface area contributed by atoms with E-state index < -0.39 is 52.6 Å². The van der Waals surface area contributed by atoms with Gasteiger partial charge in [0, 0.05) is 11.5 Å². The molecular formula is C30H40N2O12. The highest BCUT2D eigenvalue weighted by atomic mass is 17.0. The number of nitrogens with zero attached hydrogens (tertiary/aromatic N) is 2. The third-order valence-electron chi connectivity index (χ3n) is 11.9. The van der Waals surface area contributed by atoms with Crippen LogP contribution in [0.3, 0.4) is 0 Å². The van der Waals surface area contributed by atoms with Gasteiger partial charge in [0.05, 0.1) is 24.1 Å². The molecule has 12 atom stereocenters. The van der Waals surface area contributed by atoms with Crippen LogP contribution in [-0.2, 0) is 19.1 Å². The van der Waals surface area contributed by atoms with Crippen molar-refractivity contribution in [1.82, 2.24) is 0 Å². The average molecular weight is 621 g/mol.